The van der Waals surface area contributed by atoms with Crippen molar-refractivity contribution in [1.29, 1.82) is 0 Å². The molecule has 0 bridgehead atoms. The van der Waals surface area contributed by atoms with Gasteiger partial charge in [-0.05, 0) is 99.1 Å². The standard InChI is InChI=1S/C55H38N2/c1-5-17-39(18-6-1)40-29-31-44(32-30-40)57-53-28-16-14-26-49(53)50-36-34-46(38-54(50)57)56(43-23-11-4-12-24-43)45-33-35-48-47-25-13-15-27-51(47)55(52(48)37-45,41-19-7-2-8-20-41)42-21-9-3-10-22-42/h1-38H. The molecule has 0 saturated carbocycles. The van der Waals surface area contributed by atoms with Gasteiger partial charge in [-0.1, -0.05) is 176 Å². The zero-order valence-electron chi connectivity index (χ0n) is 31.3. The second-order valence-electron chi connectivity index (χ2n) is 14.9. The van der Waals surface area contributed by atoms with Gasteiger partial charge in [-0.3, -0.25) is 0 Å². The molecule has 1 heterocycles. The van der Waals surface area contributed by atoms with E-state index in [2.05, 4.69) is 240 Å². The van der Waals surface area contributed by atoms with Gasteiger partial charge in [-0.25, -0.2) is 0 Å². The first-order valence-corrected chi connectivity index (χ1v) is 19.7. The summed E-state index contributed by atoms with van der Waals surface area (Å²) in [4.78, 5) is 2.42. The largest absolute Gasteiger partial charge is 0.310 e. The van der Waals surface area contributed by atoms with Gasteiger partial charge < -0.3 is 9.47 Å². The molecule has 0 aliphatic heterocycles. The molecule has 0 atom stereocenters. The van der Waals surface area contributed by atoms with Crippen LogP contribution in [0.4, 0.5) is 17.1 Å². The third-order valence-electron chi connectivity index (χ3n) is 11.9. The van der Waals surface area contributed by atoms with Crippen molar-refractivity contribution in [2.45, 2.75) is 5.41 Å². The summed E-state index contributed by atoms with van der Waals surface area (Å²) in [6.45, 7) is 0. The van der Waals surface area contributed by atoms with Crippen molar-refractivity contribution in [3.05, 3.63) is 253 Å². The first kappa shape index (κ1) is 33.0. The van der Waals surface area contributed by atoms with Gasteiger partial charge in [0.05, 0.1) is 16.4 Å². The molecule has 9 aromatic carbocycles. The molecule has 0 fully saturated rings. The summed E-state index contributed by atoms with van der Waals surface area (Å²) >= 11 is 0. The summed E-state index contributed by atoms with van der Waals surface area (Å²) in [5.41, 5.74) is 16.4. The summed E-state index contributed by atoms with van der Waals surface area (Å²) < 4.78 is 2.42. The molecule has 0 N–H and O–H groups in total. The van der Waals surface area contributed by atoms with Gasteiger partial charge in [0, 0.05) is 33.5 Å². The van der Waals surface area contributed by atoms with E-state index in [9.17, 15) is 0 Å². The van der Waals surface area contributed by atoms with Crippen LogP contribution in [0.5, 0.6) is 0 Å². The maximum absolute atomic E-state index is 2.45. The number of benzene rings is 9. The van der Waals surface area contributed by atoms with E-state index >= 15 is 0 Å². The second-order valence-corrected chi connectivity index (χ2v) is 14.9. The van der Waals surface area contributed by atoms with Gasteiger partial charge >= 0.3 is 0 Å². The minimum atomic E-state index is -0.491. The number of hydrogen-bond acceptors (Lipinski definition) is 1. The lowest BCUT2D eigenvalue weighted by atomic mass is 9.67. The lowest BCUT2D eigenvalue weighted by Gasteiger charge is -2.35. The molecule has 1 aliphatic rings. The average Bonchev–Trinajstić information content (AvgIpc) is 3.78. The quantitative estimate of drug-likeness (QED) is 0.159. The summed E-state index contributed by atoms with van der Waals surface area (Å²) in [5, 5.41) is 2.47. The number of rotatable bonds is 7. The molecule has 0 radical (unpaired) electrons. The van der Waals surface area contributed by atoms with E-state index in [0.29, 0.717) is 0 Å². The van der Waals surface area contributed by atoms with Crippen LogP contribution in [0.15, 0.2) is 231 Å². The zero-order chi connectivity index (χ0) is 37.8. The van der Waals surface area contributed by atoms with Crippen molar-refractivity contribution < 1.29 is 0 Å². The Balaban J connectivity index is 1.14. The molecular formula is C55H38N2. The molecule has 2 heteroatoms. The predicted octanol–water partition coefficient (Wildman–Crippen LogP) is 14.3. The first-order valence-electron chi connectivity index (χ1n) is 19.7. The van der Waals surface area contributed by atoms with E-state index in [0.717, 1.165) is 22.7 Å². The van der Waals surface area contributed by atoms with Crippen molar-refractivity contribution >= 4 is 38.9 Å². The molecule has 1 aromatic heterocycles. The van der Waals surface area contributed by atoms with E-state index in [1.165, 1.54) is 66.3 Å². The summed E-state index contributed by atoms with van der Waals surface area (Å²) in [6.07, 6.45) is 0. The van der Waals surface area contributed by atoms with Gasteiger partial charge in [0.1, 0.15) is 0 Å². The Labute approximate surface area is 333 Å². The molecule has 1 aliphatic carbocycles. The summed E-state index contributed by atoms with van der Waals surface area (Å²) in [6, 6.07) is 84.2. The van der Waals surface area contributed by atoms with Crippen LogP contribution in [0.1, 0.15) is 22.3 Å². The molecule has 57 heavy (non-hydrogen) atoms. The van der Waals surface area contributed by atoms with Gasteiger partial charge in [-0.2, -0.15) is 0 Å². The monoisotopic (exact) mass is 726 g/mol. The Hall–Kier alpha value is -7.42. The molecule has 2 nitrogen and oxygen atoms in total. The predicted molar refractivity (Wildman–Crippen MR) is 238 cm³/mol. The lowest BCUT2D eigenvalue weighted by molar-refractivity contribution is 0.768. The number of hydrogen-bond donors (Lipinski definition) is 0. The van der Waals surface area contributed by atoms with Crippen LogP contribution in [-0.4, -0.2) is 4.57 Å². The van der Waals surface area contributed by atoms with E-state index in [4.69, 9.17) is 0 Å². The maximum Gasteiger partial charge on any atom is 0.0714 e. The number of aromatic nitrogens is 1. The van der Waals surface area contributed by atoms with Crippen LogP contribution in [0.2, 0.25) is 0 Å². The Bertz CT molecular complexity index is 3000. The molecule has 0 amide bonds. The number of nitrogens with zero attached hydrogens (tertiary/aromatic N) is 2. The van der Waals surface area contributed by atoms with E-state index in [1.54, 1.807) is 0 Å². The van der Waals surface area contributed by atoms with Crippen molar-refractivity contribution in [2.24, 2.45) is 0 Å². The highest BCUT2D eigenvalue weighted by Gasteiger charge is 2.46. The van der Waals surface area contributed by atoms with Crippen molar-refractivity contribution in [2.75, 3.05) is 4.90 Å². The average molecular weight is 727 g/mol. The Morgan fingerprint density at radius 2 is 0.860 bits per heavy atom. The molecule has 0 spiro atoms. The van der Waals surface area contributed by atoms with Crippen LogP contribution < -0.4 is 4.90 Å². The van der Waals surface area contributed by atoms with Crippen molar-refractivity contribution in [1.82, 2.24) is 4.57 Å². The maximum atomic E-state index is 2.45. The fraction of sp³-hybridized carbons (Fsp3) is 0.0182. The molecule has 0 saturated heterocycles. The smallest absolute Gasteiger partial charge is 0.0714 e. The third kappa shape index (κ3) is 5.18. The van der Waals surface area contributed by atoms with Crippen LogP contribution in [-0.2, 0) is 5.41 Å². The molecule has 11 rings (SSSR count). The van der Waals surface area contributed by atoms with E-state index < -0.39 is 5.41 Å². The fourth-order valence-electron chi connectivity index (χ4n) is 9.41. The fourth-order valence-corrected chi connectivity index (χ4v) is 9.41. The van der Waals surface area contributed by atoms with Crippen LogP contribution in [0.25, 0.3) is 49.7 Å². The lowest BCUT2D eigenvalue weighted by Crippen LogP contribution is -2.28. The highest BCUT2D eigenvalue weighted by atomic mass is 15.1. The minimum absolute atomic E-state index is 0.491. The third-order valence-corrected chi connectivity index (χ3v) is 11.9. The van der Waals surface area contributed by atoms with E-state index in [1.807, 2.05) is 0 Å². The highest BCUT2D eigenvalue weighted by Crippen LogP contribution is 2.57. The molecule has 10 aromatic rings. The molecule has 268 valence electrons. The summed E-state index contributed by atoms with van der Waals surface area (Å²) in [5.74, 6) is 0. The first-order chi connectivity index (χ1) is 28.3. The van der Waals surface area contributed by atoms with Crippen molar-refractivity contribution in [3.63, 3.8) is 0 Å². The van der Waals surface area contributed by atoms with Gasteiger partial charge in [0.2, 0.25) is 0 Å². The van der Waals surface area contributed by atoms with Crippen LogP contribution >= 0.6 is 0 Å². The van der Waals surface area contributed by atoms with Gasteiger partial charge in [0.15, 0.2) is 0 Å². The summed E-state index contributed by atoms with van der Waals surface area (Å²) in [7, 11) is 0. The van der Waals surface area contributed by atoms with Gasteiger partial charge in [0.25, 0.3) is 0 Å². The second kappa shape index (κ2) is 13.4. The minimum Gasteiger partial charge on any atom is -0.310 e. The zero-order valence-corrected chi connectivity index (χ0v) is 31.3. The Kier molecular flexibility index (Phi) is 7.75. The normalized spacial score (nSPS) is 12.7. The highest BCUT2D eigenvalue weighted by molar-refractivity contribution is 6.10. The van der Waals surface area contributed by atoms with Gasteiger partial charge in [-0.15, -0.1) is 0 Å². The van der Waals surface area contributed by atoms with Crippen molar-refractivity contribution in [3.8, 4) is 27.9 Å². The van der Waals surface area contributed by atoms with Crippen LogP contribution in [0, 0.1) is 0 Å². The Morgan fingerprint density at radius 1 is 0.333 bits per heavy atom. The van der Waals surface area contributed by atoms with E-state index in [-0.39, 0.29) is 0 Å². The molecule has 0 unspecified atom stereocenters. The van der Waals surface area contributed by atoms with Crippen LogP contribution in [0.3, 0.4) is 0 Å². The molecular weight excluding hydrogens is 689 g/mol. The Morgan fingerprint density at radius 3 is 1.58 bits per heavy atom. The number of para-hydroxylation sites is 2. The number of anilines is 3. The number of fused-ring (bicyclic) bond motifs is 6. The topological polar surface area (TPSA) is 8.17 Å². The SMILES string of the molecule is c1ccc(-c2ccc(-n3c4ccccc4c4ccc(N(c5ccccc5)c5ccc6c(c5)C(c5ccccc5)(c5ccccc5)c5ccccc5-6)cc43)cc2)cc1.